The molecular formula is C12H14N2O6. The normalized spacial score (nSPS) is 9.90. The molecule has 0 aliphatic heterocycles. The van der Waals surface area contributed by atoms with E-state index in [9.17, 15) is 19.8 Å². The minimum Gasteiger partial charge on any atom is -0.493 e. The molecule has 0 heterocycles. The second-order valence-electron chi connectivity index (χ2n) is 3.88. The van der Waals surface area contributed by atoms with E-state index in [1.165, 1.54) is 7.11 Å². The molecule has 0 aromatic heterocycles. The highest BCUT2D eigenvalue weighted by atomic mass is 16.6. The van der Waals surface area contributed by atoms with Crippen molar-refractivity contribution in [2.45, 2.75) is 19.8 Å². The first-order chi connectivity index (χ1) is 9.54. The Hall–Kier alpha value is -2.51. The summed E-state index contributed by atoms with van der Waals surface area (Å²) in [5, 5.41) is 13.1. The van der Waals surface area contributed by atoms with Crippen molar-refractivity contribution in [2.24, 2.45) is 5.18 Å². The minimum absolute atomic E-state index is 0.138. The van der Waals surface area contributed by atoms with E-state index in [-0.39, 0.29) is 11.5 Å². The SMILES string of the molecule is CCCCOc1cc([N+](=O)[O-])c(C(=O)N=O)cc1OC. The fraction of sp³-hybridized carbons (Fsp3) is 0.417. The van der Waals surface area contributed by atoms with Crippen molar-refractivity contribution in [1.29, 1.82) is 0 Å². The number of ether oxygens (including phenoxy) is 2. The average molecular weight is 282 g/mol. The molecule has 0 unspecified atom stereocenters. The van der Waals surface area contributed by atoms with E-state index in [0.717, 1.165) is 25.0 Å². The fourth-order valence-corrected chi connectivity index (χ4v) is 1.52. The predicted molar refractivity (Wildman–Crippen MR) is 70.2 cm³/mol. The monoisotopic (exact) mass is 282 g/mol. The highest BCUT2D eigenvalue weighted by Crippen LogP contribution is 2.35. The van der Waals surface area contributed by atoms with Crippen LogP contribution in [0, 0.1) is 15.0 Å². The van der Waals surface area contributed by atoms with E-state index in [2.05, 4.69) is 5.18 Å². The number of methoxy groups -OCH3 is 1. The number of carbonyl (C=O) groups is 1. The van der Waals surface area contributed by atoms with Gasteiger partial charge >= 0.3 is 5.91 Å². The summed E-state index contributed by atoms with van der Waals surface area (Å²) in [6, 6.07) is 2.15. The number of nitroso groups, excluding NO2 is 1. The lowest BCUT2D eigenvalue weighted by Crippen LogP contribution is -2.05. The molecule has 8 nitrogen and oxygen atoms in total. The largest absolute Gasteiger partial charge is 0.493 e. The van der Waals surface area contributed by atoms with Crippen LogP contribution in [0.2, 0.25) is 0 Å². The third kappa shape index (κ3) is 3.50. The van der Waals surface area contributed by atoms with Gasteiger partial charge in [0.05, 0.1) is 24.7 Å². The summed E-state index contributed by atoms with van der Waals surface area (Å²) >= 11 is 0. The molecule has 1 aromatic carbocycles. The van der Waals surface area contributed by atoms with Crippen molar-refractivity contribution in [3.63, 3.8) is 0 Å². The Morgan fingerprint density at radius 1 is 1.40 bits per heavy atom. The van der Waals surface area contributed by atoms with Crippen LogP contribution in [0.5, 0.6) is 11.5 Å². The van der Waals surface area contributed by atoms with Crippen LogP contribution in [-0.4, -0.2) is 24.5 Å². The first kappa shape index (κ1) is 15.5. The summed E-state index contributed by atoms with van der Waals surface area (Å²) in [6.07, 6.45) is 1.67. The zero-order valence-corrected chi connectivity index (χ0v) is 11.1. The average Bonchev–Trinajstić information content (AvgIpc) is 2.45. The first-order valence-electron chi connectivity index (χ1n) is 5.92. The number of carbonyl (C=O) groups excluding carboxylic acids is 1. The number of nitrogens with zero attached hydrogens (tertiary/aromatic N) is 2. The first-order valence-corrected chi connectivity index (χ1v) is 5.92. The molecule has 0 spiro atoms. The van der Waals surface area contributed by atoms with Crippen molar-refractivity contribution < 1.29 is 19.2 Å². The Balaban J connectivity index is 3.25. The smallest absolute Gasteiger partial charge is 0.323 e. The maximum atomic E-state index is 11.3. The summed E-state index contributed by atoms with van der Waals surface area (Å²) in [6.45, 7) is 2.34. The van der Waals surface area contributed by atoms with Crippen LogP contribution in [0.4, 0.5) is 5.69 Å². The Bertz CT molecular complexity index is 529. The van der Waals surface area contributed by atoms with Crippen molar-refractivity contribution in [1.82, 2.24) is 0 Å². The Kier molecular flexibility index (Phi) is 5.57. The number of nitro benzene ring substituents is 1. The highest BCUT2D eigenvalue weighted by molar-refractivity contribution is 5.99. The third-order valence-corrected chi connectivity index (χ3v) is 2.55. The van der Waals surface area contributed by atoms with Crippen LogP contribution in [0.25, 0.3) is 0 Å². The zero-order valence-electron chi connectivity index (χ0n) is 11.1. The van der Waals surface area contributed by atoms with Crippen LogP contribution >= 0.6 is 0 Å². The van der Waals surface area contributed by atoms with Crippen LogP contribution in [-0.2, 0) is 0 Å². The van der Waals surface area contributed by atoms with Gasteiger partial charge in [0, 0.05) is 11.2 Å². The molecule has 108 valence electrons. The van der Waals surface area contributed by atoms with Crippen LogP contribution in [0.1, 0.15) is 30.1 Å². The standard InChI is InChI=1S/C12H14N2O6/c1-3-4-5-20-11-7-9(14(17)18)8(12(15)13-16)6-10(11)19-2/h6-7H,3-5H2,1-2H3. The van der Waals surface area contributed by atoms with Gasteiger partial charge in [-0.15, -0.1) is 4.91 Å². The molecule has 0 aliphatic carbocycles. The molecule has 0 bridgehead atoms. The number of hydrogen-bond donors (Lipinski definition) is 0. The van der Waals surface area contributed by atoms with Gasteiger partial charge in [-0.3, -0.25) is 14.9 Å². The summed E-state index contributed by atoms with van der Waals surface area (Å²) in [5.41, 5.74) is -0.966. The quantitative estimate of drug-likeness (QED) is 0.329. The number of amides is 1. The molecule has 0 radical (unpaired) electrons. The molecule has 0 saturated heterocycles. The van der Waals surface area contributed by atoms with Crippen LogP contribution in [0.15, 0.2) is 17.3 Å². The summed E-state index contributed by atoms with van der Waals surface area (Å²) in [4.78, 5) is 31.7. The van der Waals surface area contributed by atoms with Crippen molar-refractivity contribution in [2.75, 3.05) is 13.7 Å². The Morgan fingerprint density at radius 3 is 2.60 bits per heavy atom. The van der Waals surface area contributed by atoms with E-state index in [1.54, 1.807) is 0 Å². The second kappa shape index (κ2) is 7.17. The molecule has 0 N–H and O–H groups in total. The zero-order chi connectivity index (χ0) is 15.1. The summed E-state index contributed by atoms with van der Waals surface area (Å²) in [7, 11) is 1.33. The number of rotatable bonds is 7. The molecule has 0 atom stereocenters. The molecule has 1 rings (SSSR count). The lowest BCUT2D eigenvalue weighted by molar-refractivity contribution is -0.385. The van der Waals surface area contributed by atoms with Gasteiger partial charge in [0.25, 0.3) is 5.69 Å². The van der Waals surface area contributed by atoms with E-state index in [0.29, 0.717) is 6.61 Å². The summed E-state index contributed by atoms with van der Waals surface area (Å²) in [5.74, 6) is -0.941. The van der Waals surface area contributed by atoms with E-state index >= 15 is 0 Å². The van der Waals surface area contributed by atoms with Gasteiger partial charge in [-0.1, -0.05) is 13.3 Å². The highest BCUT2D eigenvalue weighted by Gasteiger charge is 2.25. The maximum absolute atomic E-state index is 11.3. The van der Waals surface area contributed by atoms with Crippen LogP contribution < -0.4 is 9.47 Å². The van der Waals surface area contributed by atoms with Gasteiger partial charge in [0.2, 0.25) is 0 Å². The molecule has 1 amide bonds. The van der Waals surface area contributed by atoms with Gasteiger partial charge in [0.1, 0.15) is 5.56 Å². The topological polar surface area (TPSA) is 108 Å². The molecule has 20 heavy (non-hydrogen) atoms. The Labute approximate surface area is 114 Å². The fourth-order valence-electron chi connectivity index (χ4n) is 1.52. The lowest BCUT2D eigenvalue weighted by atomic mass is 10.1. The lowest BCUT2D eigenvalue weighted by Gasteiger charge is -2.11. The second-order valence-corrected chi connectivity index (χ2v) is 3.88. The number of benzene rings is 1. The van der Waals surface area contributed by atoms with Crippen molar-refractivity contribution in [3.05, 3.63) is 32.7 Å². The van der Waals surface area contributed by atoms with Crippen molar-refractivity contribution >= 4 is 11.6 Å². The van der Waals surface area contributed by atoms with Gasteiger partial charge < -0.3 is 9.47 Å². The van der Waals surface area contributed by atoms with Crippen molar-refractivity contribution in [3.8, 4) is 11.5 Å². The number of nitro groups is 1. The van der Waals surface area contributed by atoms with Gasteiger partial charge in [-0.25, -0.2) is 0 Å². The molecule has 0 saturated carbocycles. The molecule has 8 heteroatoms. The summed E-state index contributed by atoms with van der Waals surface area (Å²) < 4.78 is 10.4. The van der Waals surface area contributed by atoms with Gasteiger partial charge in [-0.2, -0.15) is 0 Å². The van der Waals surface area contributed by atoms with E-state index in [4.69, 9.17) is 9.47 Å². The third-order valence-electron chi connectivity index (χ3n) is 2.55. The van der Waals surface area contributed by atoms with E-state index in [1.807, 2.05) is 6.92 Å². The number of unbranched alkanes of at least 4 members (excludes halogenated alkanes) is 1. The molecular weight excluding hydrogens is 268 g/mol. The number of hydrogen-bond acceptors (Lipinski definition) is 6. The minimum atomic E-state index is -1.23. The Morgan fingerprint density at radius 2 is 2.10 bits per heavy atom. The molecule has 0 aliphatic rings. The maximum Gasteiger partial charge on any atom is 0.323 e. The molecule has 1 aromatic rings. The molecule has 0 fully saturated rings. The van der Waals surface area contributed by atoms with Crippen LogP contribution in [0.3, 0.4) is 0 Å². The van der Waals surface area contributed by atoms with E-state index < -0.39 is 22.1 Å². The van der Waals surface area contributed by atoms with Gasteiger partial charge in [0.15, 0.2) is 11.5 Å². The van der Waals surface area contributed by atoms with Gasteiger partial charge in [-0.05, 0) is 6.42 Å². The predicted octanol–water partition coefficient (Wildman–Crippen LogP) is 2.69.